The number of thiophene rings is 1. The van der Waals surface area contributed by atoms with Gasteiger partial charge in [0.1, 0.15) is 15.9 Å². The molecule has 0 radical (unpaired) electrons. The molecule has 0 bridgehead atoms. The zero-order valence-electron chi connectivity index (χ0n) is 16.1. The molecule has 27 heavy (non-hydrogen) atoms. The van der Waals surface area contributed by atoms with E-state index in [9.17, 15) is 4.79 Å². The van der Waals surface area contributed by atoms with E-state index < -0.39 is 0 Å². The summed E-state index contributed by atoms with van der Waals surface area (Å²) in [5, 5.41) is 0.940. The Kier molecular flexibility index (Phi) is 4.03. The third-order valence-electron chi connectivity index (χ3n) is 4.75. The number of aromatic nitrogens is 3. The van der Waals surface area contributed by atoms with Crippen molar-refractivity contribution in [2.45, 2.75) is 26.2 Å². The van der Waals surface area contributed by atoms with Crippen molar-refractivity contribution in [2.24, 2.45) is 0 Å². The van der Waals surface area contributed by atoms with E-state index in [1.165, 1.54) is 16.9 Å². The molecule has 0 spiro atoms. The Bertz CT molecular complexity index is 1200. The van der Waals surface area contributed by atoms with Crippen molar-refractivity contribution in [1.29, 1.82) is 0 Å². The molecule has 0 amide bonds. The van der Waals surface area contributed by atoms with Crippen LogP contribution < -0.4 is 10.5 Å². The van der Waals surface area contributed by atoms with Crippen molar-refractivity contribution in [3.8, 4) is 5.69 Å². The highest BCUT2D eigenvalue weighted by Crippen LogP contribution is 2.35. The smallest absolute Gasteiger partial charge is 0.275 e. The highest BCUT2D eigenvalue weighted by molar-refractivity contribution is 7.25. The van der Waals surface area contributed by atoms with Gasteiger partial charge < -0.3 is 4.90 Å². The highest BCUT2D eigenvalue weighted by Gasteiger charge is 2.17. The summed E-state index contributed by atoms with van der Waals surface area (Å²) in [6.07, 6.45) is 3.40. The van der Waals surface area contributed by atoms with E-state index >= 15 is 0 Å². The Morgan fingerprint density at radius 1 is 1.04 bits per heavy atom. The van der Waals surface area contributed by atoms with Crippen LogP contribution in [0, 0.1) is 0 Å². The minimum atomic E-state index is -0.0591. The number of hydrogen-bond donors (Lipinski definition) is 0. The molecule has 0 saturated carbocycles. The lowest BCUT2D eigenvalue weighted by molar-refractivity contribution is 0.590. The second kappa shape index (κ2) is 6.16. The van der Waals surface area contributed by atoms with Gasteiger partial charge in [0.2, 0.25) is 0 Å². The zero-order valence-corrected chi connectivity index (χ0v) is 17.0. The predicted molar refractivity (Wildman–Crippen MR) is 114 cm³/mol. The Balaban J connectivity index is 1.92. The topological polar surface area (TPSA) is 51.0 Å². The Morgan fingerprint density at radius 3 is 2.37 bits per heavy atom. The molecule has 3 heterocycles. The number of benzene rings is 1. The van der Waals surface area contributed by atoms with Gasteiger partial charge in [-0.1, -0.05) is 32.9 Å². The first-order valence-corrected chi connectivity index (χ1v) is 9.66. The summed E-state index contributed by atoms with van der Waals surface area (Å²) in [4.78, 5) is 25.1. The van der Waals surface area contributed by atoms with Gasteiger partial charge in [-0.2, -0.15) is 0 Å². The first-order chi connectivity index (χ1) is 12.8. The Labute approximate surface area is 161 Å². The molecule has 6 heteroatoms. The van der Waals surface area contributed by atoms with Crippen molar-refractivity contribution >= 4 is 37.5 Å². The van der Waals surface area contributed by atoms with Crippen molar-refractivity contribution in [2.75, 3.05) is 19.0 Å². The molecular weight excluding hydrogens is 356 g/mol. The molecular formula is C21H22N4OS. The third kappa shape index (κ3) is 2.90. The van der Waals surface area contributed by atoms with Crippen molar-refractivity contribution in [3.63, 3.8) is 0 Å². The van der Waals surface area contributed by atoms with Crippen molar-refractivity contribution in [3.05, 3.63) is 58.8 Å². The Hall–Kier alpha value is -2.73. The van der Waals surface area contributed by atoms with Gasteiger partial charge in [-0.05, 0) is 29.2 Å². The molecule has 4 rings (SSSR count). The van der Waals surface area contributed by atoms with Crippen LogP contribution in [-0.2, 0) is 5.41 Å². The minimum absolute atomic E-state index is 0.0591. The first kappa shape index (κ1) is 17.7. The van der Waals surface area contributed by atoms with Gasteiger partial charge in [-0.25, -0.2) is 9.97 Å². The first-order valence-electron chi connectivity index (χ1n) is 8.84. The number of fused-ring (bicyclic) bond motifs is 3. The lowest BCUT2D eigenvalue weighted by Crippen LogP contribution is -2.18. The van der Waals surface area contributed by atoms with E-state index in [1.54, 1.807) is 17.1 Å². The second-order valence-electron chi connectivity index (χ2n) is 7.90. The largest absolute Gasteiger partial charge is 0.377 e. The Morgan fingerprint density at radius 2 is 1.74 bits per heavy atom. The van der Waals surface area contributed by atoms with E-state index in [-0.39, 0.29) is 11.0 Å². The van der Waals surface area contributed by atoms with Crippen LogP contribution in [0.3, 0.4) is 0 Å². The minimum Gasteiger partial charge on any atom is -0.377 e. The SMILES string of the molecule is CN(C)c1ccnc2sc3c(=O)n(-c4ccc(C(C)(C)C)cc4)cnc3c12. The summed E-state index contributed by atoms with van der Waals surface area (Å²) in [5.41, 5.74) is 3.81. The standard InChI is InChI=1S/C21H22N4OS/c1-21(2,3)13-6-8-14(9-7-13)25-12-23-17-16-15(24(4)5)10-11-22-19(16)27-18(17)20(25)26/h6-12H,1-5H3. The second-order valence-corrected chi connectivity index (χ2v) is 8.90. The highest BCUT2D eigenvalue weighted by atomic mass is 32.1. The molecule has 0 fully saturated rings. The maximum absolute atomic E-state index is 13.2. The van der Waals surface area contributed by atoms with E-state index in [2.05, 4.69) is 42.9 Å². The maximum Gasteiger partial charge on any atom is 0.275 e. The van der Waals surface area contributed by atoms with E-state index in [4.69, 9.17) is 0 Å². The van der Waals surface area contributed by atoms with E-state index in [1.807, 2.05) is 37.2 Å². The molecule has 0 unspecified atom stereocenters. The molecule has 3 aromatic heterocycles. The van der Waals surface area contributed by atoms with Gasteiger partial charge in [-0.3, -0.25) is 9.36 Å². The fourth-order valence-corrected chi connectivity index (χ4v) is 4.26. The summed E-state index contributed by atoms with van der Waals surface area (Å²) in [6, 6.07) is 10.1. The molecule has 0 aliphatic rings. The van der Waals surface area contributed by atoms with Crippen LogP contribution in [0.2, 0.25) is 0 Å². The normalized spacial score (nSPS) is 12.0. The average molecular weight is 379 g/mol. The van der Waals surface area contributed by atoms with Crippen LogP contribution in [0.15, 0.2) is 47.7 Å². The zero-order chi connectivity index (χ0) is 19.3. The van der Waals surface area contributed by atoms with Crippen LogP contribution in [0.4, 0.5) is 5.69 Å². The van der Waals surface area contributed by atoms with Crippen molar-refractivity contribution < 1.29 is 0 Å². The van der Waals surface area contributed by atoms with Crippen LogP contribution in [-0.4, -0.2) is 28.6 Å². The molecule has 0 aliphatic carbocycles. The molecule has 5 nitrogen and oxygen atoms in total. The predicted octanol–water partition coefficient (Wildman–Crippen LogP) is 4.36. The summed E-state index contributed by atoms with van der Waals surface area (Å²) in [6.45, 7) is 6.52. The molecule has 0 atom stereocenters. The van der Waals surface area contributed by atoms with Crippen molar-refractivity contribution in [1.82, 2.24) is 14.5 Å². The fraction of sp³-hybridized carbons (Fsp3) is 0.286. The molecule has 0 N–H and O–H groups in total. The summed E-state index contributed by atoms with van der Waals surface area (Å²) < 4.78 is 2.24. The molecule has 4 aromatic rings. The number of nitrogens with zero attached hydrogens (tertiary/aromatic N) is 4. The van der Waals surface area contributed by atoms with E-state index in [0.29, 0.717) is 4.70 Å². The van der Waals surface area contributed by atoms with Crippen LogP contribution in [0.1, 0.15) is 26.3 Å². The maximum atomic E-state index is 13.2. The quantitative estimate of drug-likeness (QED) is 0.520. The molecule has 0 saturated heterocycles. The average Bonchev–Trinajstić information content (AvgIpc) is 3.01. The number of hydrogen-bond acceptors (Lipinski definition) is 5. The monoisotopic (exact) mass is 378 g/mol. The van der Waals surface area contributed by atoms with Crippen LogP contribution in [0.5, 0.6) is 0 Å². The van der Waals surface area contributed by atoms with Gasteiger partial charge in [0.05, 0.1) is 22.3 Å². The molecule has 1 aromatic carbocycles. The number of rotatable bonds is 2. The molecule has 0 aliphatic heterocycles. The van der Waals surface area contributed by atoms with Crippen LogP contribution in [0.25, 0.3) is 26.1 Å². The lowest BCUT2D eigenvalue weighted by atomic mass is 9.87. The number of pyridine rings is 1. The summed E-state index contributed by atoms with van der Waals surface area (Å²) in [5.74, 6) is 0. The van der Waals surface area contributed by atoms with Crippen LogP contribution >= 0.6 is 11.3 Å². The summed E-state index contributed by atoms with van der Waals surface area (Å²) in [7, 11) is 3.96. The lowest BCUT2D eigenvalue weighted by Gasteiger charge is -2.19. The van der Waals surface area contributed by atoms with Gasteiger partial charge in [0.25, 0.3) is 5.56 Å². The fourth-order valence-electron chi connectivity index (χ4n) is 3.22. The molecule has 138 valence electrons. The van der Waals surface area contributed by atoms with Gasteiger partial charge in [-0.15, -0.1) is 11.3 Å². The van der Waals surface area contributed by atoms with Gasteiger partial charge in [0, 0.05) is 20.3 Å². The van der Waals surface area contributed by atoms with Gasteiger partial charge >= 0.3 is 0 Å². The third-order valence-corrected chi connectivity index (χ3v) is 5.83. The van der Waals surface area contributed by atoms with Gasteiger partial charge in [0.15, 0.2) is 0 Å². The summed E-state index contributed by atoms with van der Waals surface area (Å²) >= 11 is 1.40. The van der Waals surface area contributed by atoms with E-state index in [0.717, 1.165) is 27.1 Å². The number of anilines is 1.